The number of carbonyl (C=O) groups excluding carboxylic acids is 1. The molecule has 2 heterocycles. The van der Waals surface area contributed by atoms with E-state index >= 15 is 0 Å². The smallest absolute Gasteiger partial charge is 0.288 e. The topological polar surface area (TPSA) is 59.3 Å². The molecular weight excluding hydrogens is 326 g/mol. The Morgan fingerprint density at radius 3 is 2.58 bits per heavy atom. The van der Waals surface area contributed by atoms with Crippen molar-refractivity contribution in [1.82, 2.24) is 5.32 Å². The van der Waals surface area contributed by atoms with Gasteiger partial charge in [-0.1, -0.05) is 36.7 Å². The van der Waals surface area contributed by atoms with Crippen LogP contribution in [0.2, 0.25) is 5.02 Å². The first-order valence-corrected chi connectivity index (χ1v) is 8.12. The fourth-order valence-corrected chi connectivity index (χ4v) is 3.21. The van der Waals surface area contributed by atoms with Crippen molar-refractivity contribution in [1.29, 1.82) is 0 Å². The predicted octanol–water partition coefficient (Wildman–Crippen LogP) is 3.84. The highest BCUT2D eigenvalue weighted by molar-refractivity contribution is 6.30. The lowest BCUT2D eigenvalue weighted by molar-refractivity contribution is 0.0938. The Kier molecular flexibility index (Phi) is 3.43. The van der Waals surface area contributed by atoms with Crippen LogP contribution in [0.15, 0.2) is 51.7 Å². The lowest BCUT2D eigenvalue weighted by Crippen LogP contribution is -2.21. The highest BCUT2D eigenvalue weighted by atomic mass is 35.5. The van der Waals surface area contributed by atoms with Crippen LogP contribution in [0.5, 0.6) is 0 Å². The van der Waals surface area contributed by atoms with E-state index in [0.717, 1.165) is 17.5 Å². The van der Waals surface area contributed by atoms with Gasteiger partial charge in [0.05, 0.1) is 17.0 Å². The Morgan fingerprint density at radius 1 is 1.12 bits per heavy atom. The molecule has 1 atom stereocenters. The van der Waals surface area contributed by atoms with E-state index in [1.165, 1.54) is 0 Å². The molecule has 0 saturated carbocycles. The van der Waals surface area contributed by atoms with Gasteiger partial charge in [0, 0.05) is 5.02 Å². The molecule has 1 amide bonds. The van der Waals surface area contributed by atoms with Gasteiger partial charge in [-0.3, -0.25) is 9.59 Å². The molecule has 1 aliphatic rings. The molecular formula is C19H14ClNO3. The summed E-state index contributed by atoms with van der Waals surface area (Å²) in [6.07, 6.45) is 0.824. The number of hydrogen-bond acceptors (Lipinski definition) is 3. The van der Waals surface area contributed by atoms with Crippen LogP contribution in [0.1, 0.15) is 40.2 Å². The first kappa shape index (κ1) is 15.0. The van der Waals surface area contributed by atoms with E-state index in [2.05, 4.69) is 5.32 Å². The normalized spacial score (nSPS) is 16.2. The van der Waals surface area contributed by atoms with Crippen molar-refractivity contribution < 1.29 is 9.21 Å². The maximum atomic E-state index is 13.0. The summed E-state index contributed by atoms with van der Waals surface area (Å²) in [6.45, 7) is 2.03. The third-order valence-electron chi connectivity index (χ3n) is 4.37. The second kappa shape index (κ2) is 5.49. The average Bonchev–Trinajstić information content (AvgIpc) is 2.92. The monoisotopic (exact) mass is 339 g/mol. The van der Waals surface area contributed by atoms with E-state index in [0.29, 0.717) is 21.6 Å². The number of halogens is 1. The summed E-state index contributed by atoms with van der Waals surface area (Å²) in [4.78, 5) is 25.3. The molecule has 0 bridgehead atoms. The van der Waals surface area contributed by atoms with E-state index < -0.39 is 6.04 Å². The molecule has 0 aliphatic carbocycles. The molecule has 0 fully saturated rings. The van der Waals surface area contributed by atoms with Crippen molar-refractivity contribution in [3.05, 3.63) is 80.2 Å². The molecule has 4 nitrogen and oxygen atoms in total. The molecule has 0 saturated heterocycles. The Morgan fingerprint density at radius 2 is 1.88 bits per heavy atom. The zero-order valence-corrected chi connectivity index (χ0v) is 13.7. The van der Waals surface area contributed by atoms with E-state index in [4.69, 9.17) is 16.0 Å². The molecule has 5 heteroatoms. The standard InChI is InChI=1S/C19H14ClNO3/c1-2-10-3-8-14-13(9-10)17(22)15-16(21-19(23)18(15)24-14)11-4-6-12(20)7-5-11/h3-9,16H,2H2,1H3,(H,21,23). The van der Waals surface area contributed by atoms with E-state index in [9.17, 15) is 9.59 Å². The Labute approximate surface area is 143 Å². The highest BCUT2D eigenvalue weighted by Gasteiger charge is 2.35. The van der Waals surface area contributed by atoms with Crippen LogP contribution in [0.4, 0.5) is 0 Å². The first-order chi connectivity index (χ1) is 11.6. The minimum atomic E-state index is -0.518. The molecule has 1 aliphatic heterocycles. The average molecular weight is 340 g/mol. The van der Waals surface area contributed by atoms with Crippen molar-refractivity contribution >= 4 is 28.5 Å². The summed E-state index contributed by atoms with van der Waals surface area (Å²) in [5.41, 5.74) is 2.48. The number of nitrogens with one attached hydrogen (secondary N) is 1. The summed E-state index contributed by atoms with van der Waals surface area (Å²) in [5, 5.41) is 3.93. The molecule has 2 aromatic carbocycles. The van der Waals surface area contributed by atoms with Gasteiger partial charge in [0.25, 0.3) is 5.91 Å². The van der Waals surface area contributed by atoms with Gasteiger partial charge >= 0.3 is 0 Å². The second-order valence-corrected chi connectivity index (χ2v) is 6.25. The number of amides is 1. The zero-order valence-electron chi connectivity index (χ0n) is 12.9. The lowest BCUT2D eigenvalue weighted by atomic mass is 9.99. The van der Waals surface area contributed by atoms with Gasteiger partial charge in [0.2, 0.25) is 5.76 Å². The van der Waals surface area contributed by atoms with Crippen molar-refractivity contribution in [3.63, 3.8) is 0 Å². The van der Waals surface area contributed by atoms with Crippen molar-refractivity contribution in [2.24, 2.45) is 0 Å². The number of aryl methyl sites for hydroxylation is 1. The number of fused-ring (bicyclic) bond motifs is 2. The molecule has 24 heavy (non-hydrogen) atoms. The third-order valence-corrected chi connectivity index (χ3v) is 4.62. The summed E-state index contributed by atoms with van der Waals surface area (Å²) >= 11 is 5.92. The van der Waals surface area contributed by atoms with Gasteiger partial charge in [-0.05, 0) is 41.8 Å². The Balaban J connectivity index is 1.97. The Hall–Kier alpha value is -2.59. The molecule has 1 aromatic heterocycles. The fourth-order valence-electron chi connectivity index (χ4n) is 3.08. The largest absolute Gasteiger partial charge is 0.450 e. The molecule has 4 rings (SSSR count). The Bertz CT molecular complexity index is 1020. The molecule has 120 valence electrons. The zero-order chi connectivity index (χ0) is 16.8. The minimum Gasteiger partial charge on any atom is -0.450 e. The van der Waals surface area contributed by atoms with Crippen LogP contribution in [0.3, 0.4) is 0 Å². The second-order valence-electron chi connectivity index (χ2n) is 5.82. The highest BCUT2D eigenvalue weighted by Crippen LogP contribution is 2.31. The van der Waals surface area contributed by atoms with Crippen LogP contribution in [0, 0.1) is 0 Å². The molecule has 1 N–H and O–H groups in total. The van der Waals surface area contributed by atoms with Crippen LogP contribution >= 0.6 is 11.6 Å². The lowest BCUT2D eigenvalue weighted by Gasteiger charge is -2.11. The number of rotatable bonds is 2. The quantitative estimate of drug-likeness (QED) is 0.771. The predicted molar refractivity (Wildman–Crippen MR) is 92.6 cm³/mol. The van der Waals surface area contributed by atoms with Crippen molar-refractivity contribution in [2.75, 3.05) is 0 Å². The fraction of sp³-hybridized carbons (Fsp3) is 0.158. The SMILES string of the molecule is CCc1ccc2oc3c(c(=O)c2c1)C(c1ccc(Cl)cc1)NC3=O. The maximum Gasteiger partial charge on any atom is 0.288 e. The van der Waals surface area contributed by atoms with Crippen LogP contribution in [-0.2, 0) is 6.42 Å². The molecule has 0 radical (unpaired) electrons. The van der Waals surface area contributed by atoms with Crippen LogP contribution in [0.25, 0.3) is 11.0 Å². The number of carbonyl (C=O) groups is 1. The summed E-state index contributed by atoms with van der Waals surface area (Å²) in [5.74, 6) is -0.278. The van der Waals surface area contributed by atoms with Crippen LogP contribution in [-0.4, -0.2) is 5.91 Å². The number of hydrogen-bond donors (Lipinski definition) is 1. The number of benzene rings is 2. The van der Waals surface area contributed by atoms with Crippen molar-refractivity contribution in [3.8, 4) is 0 Å². The van der Waals surface area contributed by atoms with E-state index in [1.54, 1.807) is 30.3 Å². The summed E-state index contributed by atoms with van der Waals surface area (Å²) in [7, 11) is 0. The van der Waals surface area contributed by atoms with Gasteiger partial charge in [0.15, 0.2) is 5.43 Å². The van der Waals surface area contributed by atoms with Gasteiger partial charge in [0.1, 0.15) is 5.58 Å². The molecule has 0 spiro atoms. The first-order valence-electron chi connectivity index (χ1n) is 7.74. The van der Waals surface area contributed by atoms with Crippen molar-refractivity contribution in [2.45, 2.75) is 19.4 Å². The van der Waals surface area contributed by atoms with E-state index in [1.807, 2.05) is 19.1 Å². The minimum absolute atomic E-state index is 0.0942. The van der Waals surface area contributed by atoms with Gasteiger partial charge in [-0.15, -0.1) is 0 Å². The molecule has 1 unspecified atom stereocenters. The van der Waals surface area contributed by atoms with E-state index in [-0.39, 0.29) is 17.1 Å². The third kappa shape index (κ3) is 2.22. The summed E-state index contributed by atoms with van der Waals surface area (Å²) in [6, 6.07) is 12.0. The van der Waals surface area contributed by atoms with Crippen LogP contribution < -0.4 is 10.7 Å². The van der Waals surface area contributed by atoms with Gasteiger partial charge in [-0.2, -0.15) is 0 Å². The summed E-state index contributed by atoms with van der Waals surface area (Å²) < 4.78 is 5.73. The molecule has 3 aromatic rings. The maximum absolute atomic E-state index is 13.0. The van der Waals surface area contributed by atoms with Gasteiger partial charge in [-0.25, -0.2) is 0 Å². The van der Waals surface area contributed by atoms with Gasteiger partial charge < -0.3 is 9.73 Å².